The van der Waals surface area contributed by atoms with Gasteiger partial charge in [0, 0.05) is 0 Å². The molecule has 0 aliphatic rings. The molecule has 0 aliphatic heterocycles. The summed E-state index contributed by atoms with van der Waals surface area (Å²) in [4.78, 5) is 10.7. The van der Waals surface area contributed by atoms with E-state index in [9.17, 15) is 17.6 Å². The summed E-state index contributed by atoms with van der Waals surface area (Å²) in [6, 6.07) is 6.02. The first-order valence-electron chi connectivity index (χ1n) is 5.41. The van der Waals surface area contributed by atoms with E-state index in [2.05, 4.69) is 4.72 Å². The quantitative estimate of drug-likeness (QED) is 0.858. The second-order valence-corrected chi connectivity index (χ2v) is 5.93. The second kappa shape index (κ2) is 5.74. The molecule has 5 nitrogen and oxygen atoms in total. The molecule has 1 aromatic carbocycles. The Morgan fingerprint density at radius 1 is 1.35 bits per heavy atom. The van der Waals surface area contributed by atoms with Crippen LogP contribution in [0.15, 0.2) is 45.9 Å². The van der Waals surface area contributed by atoms with Gasteiger partial charge in [-0.3, -0.25) is 4.79 Å². The summed E-state index contributed by atoms with van der Waals surface area (Å²) in [6.45, 7) is -0.0587. The SMILES string of the molecule is O=C(Cl)c1cc(S(=O)(=O)NCc2ccco2)ccc1F. The Morgan fingerprint density at radius 3 is 2.70 bits per heavy atom. The Kier molecular flexibility index (Phi) is 4.22. The lowest BCUT2D eigenvalue weighted by Crippen LogP contribution is -2.23. The van der Waals surface area contributed by atoms with Crippen LogP contribution in [-0.2, 0) is 16.6 Å². The van der Waals surface area contributed by atoms with Gasteiger partial charge in [0.15, 0.2) is 0 Å². The van der Waals surface area contributed by atoms with E-state index in [1.807, 2.05) is 0 Å². The van der Waals surface area contributed by atoms with Crippen molar-refractivity contribution < 1.29 is 22.0 Å². The van der Waals surface area contributed by atoms with Crippen LogP contribution in [0.4, 0.5) is 4.39 Å². The van der Waals surface area contributed by atoms with Crippen molar-refractivity contribution in [3.63, 3.8) is 0 Å². The summed E-state index contributed by atoms with van der Waals surface area (Å²) in [6.07, 6.45) is 1.41. The van der Waals surface area contributed by atoms with Crippen molar-refractivity contribution in [2.45, 2.75) is 11.4 Å². The lowest BCUT2D eigenvalue weighted by atomic mass is 10.2. The second-order valence-electron chi connectivity index (χ2n) is 3.82. The van der Waals surface area contributed by atoms with Crippen molar-refractivity contribution in [2.24, 2.45) is 0 Å². The number of hydrogen-bond donors (Lipinski definition) is 1. The van der Waals surface area contributed by atoms with E-state index in [-0.39, 0.29) is 11.4 Å². The van der Waals surface area contributed by atoms with Crippen molar-refractivity contribution in [2.75, 3.05) is 0 Å². The zero-order chi connectivity index (χ0) is 14.8. The van der Waals surface area contributed by atoms with Gasteiger partial charge in [-0.2, -0.15) is 0 Å². The predicted octanol–water partition coefficient (Wildman–Crippen LogP) is 2.28. The maximum Gasteiger partial charge on any atom is 0.255 e. The fourth-order valence-electron chi connectivity index (χ4n) is 1.48. The molecule has 0 amide bonds. The van der Waals surface area contributed by atoms with Crippen LogP contribution >= 0.6 is 11.6 Å². The molecule has 0 spiro atoms. The Labute approximate surface area is 119 Å². The number of carbonyl (C=O) groups is 1. The number of nitrogens with one attached hydrogen (secondary N) is 1. The smallest absolute Gasteiger partial charge is 0.255 e. The highest BCUT2D eigenvalue weighted by atomic mass is 35.5. The van der Waals surface area contributed by atoms with Crippen LogP contribution in [0.5, 0.6) is 0 Å². The standard InChI is InChI=1S/C12H9ClFNO4S/c13-12(16)10-6-9(3-4-11(10)14)20(17,18)15-7-8-2-1-5-19-8/h1-6,15H,7H2. The number of rotatable bonds is 5. The van der Waals surface area contributed by atoms with Crippen LogP contribution in [0.2, 0.25) is 0 Å². The van der Waals surface area contributed by atoms with Crippen molar-refractivity contribution in [3.05, 3.63) is 53.7 Å². The molecule has 0 unspecified atom stereocenters. The van der Waals surface area contributed by atoms with Crippen molar-refractivity contribution in [1.29, 1.82) is 0 Å². The predicted molar refractivity (Wildman–Crippen MR) is 69.3 cm³/mol. The van der Waals surface area contributed by atoms with Crippen molar-refractivity contribution in [3.8, 4) is 0 Å². The monoisotopic (exact) mass is 317 g/mol. The van der Waals surface area contributed by atoms with Crippen molar-refractivity contribution >= 4 is 26.9 Å². The normalized spacial score (nSPS) is 11.5. The maximum atomic E-state index is 13.3. The summed E-state index contributed by atoms with van der Waals surface area (Å²) in [5.41, 5.74) is -0.493. The molecular weight excluding hydrogens is 309 g/mol. The summed E-state index contributed by atoms with van der Waals surface area (Å²) >= 11 is 5.18. The minimum absolute atomic E-state index is 0.0587. The molecule has 2 rings (SSSR count). The molecule has 20 heavy (non-hydrogen) atoms. The third-order valence-corrected chi connectivity index (χ3v) is 4.08. The first-order valence-corrected chi connectivity index (χ1v) is 7.28. The highest BCUT2D eigenvalue weighted by Gasteiger charge is 2.18. The van der Waals surface area contributed by atoms with Gasteiger partial charge in [0.05, 0.1) is 23.3 Å². The van der Waals surface area contributed by atoms with Crippen LogP contribution in [0.3, 0.4) is 0 Å². The number of benzene rings is 1. The fraction of sp³-hybridized carbons (Fsp3) is 0.0833. The van der Waals surface area contributed by atoms with E-state index in [0.717, 1.165) is 18.2 Å². The number of sulfonamides is 1. The molecule has 0 bridgehead atoms. The number of hydrogen-bond acceptors (Lipinski definition) is 4. The molecule has 0 radical (unpaired) electrons. The lowest BCUT2D eigenvalue weighted by molar-refractivity contribution is 0.107. The molecule has 1 N–H and O–H groups in total. The van der Waals surface area contributed by atoms with E-state index in [1.54, 1.807) is 12.1 Å². The topological polar surface area (TPSA) is 76.4 Å². The van der Waals surface area contributed by atoms with Crippen LogP contribution in [0, 0.1) is 5.82 Å². The fourth-order valence-corrected chi connectivity index (χ4v) is 2.65. The molecule has 0 saturated carbocycles. The Balaban J connectivity index is 2.25. The van der Waals surface area contributed by atoms with E-state index in [1.165, 1.54) is 6.26 Å². The molecule has 1 aromatic heterocycles. The van der Waals surface area contributed by atoms with Gasteiger partial charge in [-0.1, -0.05) is 0 Å². The minimum atomic E-state index is -3.90. The van der Waals surface area contributed by atoms with Crippen LogP contribution in [0.1, 0.15) is 16.1 Å². The molecule has 2 aromatic rings. The molecule has 106 valence electrons. The van der Waals surface area contributed by atoms with Gasteiger partial charge in [0.25, 0.3) is 5.24 Å². The first-order chi connectivity index (χ1) is 9.40. The number of carbonyl (C=O) groups excluding carboxylic acids is 1. The van der Waals surface area contributed by atoms with E-state index >= 15 is 0 Å². The maximum absolute atomic E-state index is 13.3. The van der Waals surface area contributed by atoms with Gasteiger partial charge in [0.1, 0.15) is 11.6 Å². The average molecular weight is 318 g/mol. The van der Waals surface area contributed by atoms with Gasteiger partial charge >= 0.3 is 0 Å². The molecular formula is C12H9ClFNO4S. The van der Waals surface area contributed by atoms with Gasteiger partial charge in [-0.05, 0) is 41.9 Å². The van der Waals surface area contributed by atoms with Crippen LogP contribution in [0.25, 0.3) is 0 Å². The lowest BCUT2D eigenvalue weighted by Gasteiger charge is -2.06. The third kappa shape index (κ3) is 3.24. The largest absolute Gasteiger partial charge is 0.468 e. The highest BCUT2D eigenvalue weighted by molar-refractivity contribution is 7.89. The van der Waals surface area contributed by atoms with E-state index in [4.69, 9.17) is 16.0 Å². The van der Waals surface area contributed by atoms with Crippen LogP contribution in [-0.4, -0.2) is 13.7 Å². The minimum Gasteiger partial charge on any atom is -0.468 e. The summed E-state index contributed by atoms with van der Waals surface area (Å²) in [5.74, 6) is -0.459. The summed E-state index contributed by atoms with van der Waals surface area (Å²) in [5, 5.41) is -1.06. The van der Waals surface area contributed by atoms with Gasteiger partial charge in [-0.15, -0.1) is 0 Å². The molecule has 0 saturated heterocycles. The first kappa shape index (κ1) is 14.7. The van der Waals surface area contributed by atoms with E-state index in [0.29, 0.717) is 5.76 Å². The Morgan fingerprint density at radius 2 is 2.10 bits per heavy atom. The molecule has 0 fully saturated rings. The van der Waals surface area contributed by atoms with Gasteiger partial charge < -0.3 is 4.42 Å². The number of halogens is 2. The molecule has 0 atom stereocenters. The molecule has 8 heteroatoms. The van der Waals surface area contributed by atoms with Gasteiger partial charge in [-0.25, -0.2) is 17.5 Å². The Bertz CT molecular complexity index is 728. The zero-order valence-corrected chi connectivity index (χ0v) is 11.5. The average Bonchev–Trinajstić information content (AvgIpc) is 2.89. The molecule has 1 heterocycles. The zero-order valence-electron chi connectivity index (χ0n) is 9.97. The van der Waals surface area contributed by atoms with E-state index < -0.39 is 26.6 Å². The van der Waals surface area contributed by atoms with Crippen LogP contribution < -0.4 is 4.72 Å². The Hall–Kier alpha value is -1.70. The highest BCUT2D eigenvalue weighted by Crippen LogP contribution is 2.17. The summed E-state index contributed by atoms with van der Waals surface area (Å²) in [7, 11) is -3.90. The molecule has 0 aliphatic carbocycles. The van der Waals surface area contributed by atoms with Gasteiger partial charge in [0.2, 0.25) is 10.0 Å². The van der Waals surface area contributed by atoms with Crippen molar-refractivity contribution in [1.82, 2.24) is 4.72 Å². The third-order valence-electron chi connectivity index (χ3n) is 2.48. The summed E-state index contributed by atoms with van der Waals surface area (Å²) < 4.78 is 44.5. The number of furan rings is 1.